The summed E-state index contributed by atoms with van der Waals surface area (Å²) in [7, 11) is -3.56. The van der Waals surface area contributed by atoms with E-state index < -0.39 is 21.9 Å². The zero-order valence-corrected chi connectivity index (χ0v) is 18.4. The normalized spacial score (nSPS) is 16.0. The number of fused-ring (bicyclic) bond motifs is 1. The molecular weight excluding hydrogens is 430 g/mol. The summed E-state index contributed by atoms with van der Waals surface area (Å²) in [6, 6.07) is 14.1. The fraction of sp³-hybridized carbons (Fsp3) is 0.304. The first-order chi connectivity index (χ1) is 15.3. The number of morpholine rings is 1. The summed E-state index contributed by atoms with van der Waals surface area (Å²) in [6.45, 7) is 3.08. The minimum atomic E-state index is -3.56. The molecule has 0 amide bonds. The predicted octanol–water partition coefficient (Wildman–Crippen LogP) is 2.61. The van der Waals surface area contributed by atoms with Gasteiger partial charge in [-0.1, -0.05) is 12.1 Å². The third kappa shape index (κ3) is 4.12. The van der Waals surface area contributed by atoms with Crippen molar-refractivity contribution in [2.75, 3.05) is 26.3 Å². The Morgan fingerprint density at radius 1 is 1.19 bits per heavy atom. The van der Waals surface area contributed by atoms with E-state index >= 15 is 0 Å². The highest BCUT2D eigenvalue weighted by Crippen LogP contribution is 2.27. The standard InChI is InChI=1S/C23H23N3O5S/c1-16(23(27)28)21-14-19(22-13-18(15-24)6-7-26(21)22)12-17-2-4-20(5-3-17)32(29,30)25-8-10-31-11-9-25/h2-7,13-14,16H,8-12H2,1H3,(H,27,28). The van der Waals surface area contributed by atoms with Crippen LogP contribution in [0.25, 0.3) is 5.52 Å². The van der Waals surface area contributed by atoms with Gasteiger partial charge in [-0.15, -0.1) is 0 Å². The molecule has 8 nitrogen and oxygen atoms in total. The summed E-state index contributed by atoms with van der Waals surface area (Å²) in [5.41, 5.74) is 3.62. The first-order valence-corrected chi connectivity index (χ1v) is 11.7. The number of hydrogen-bond donors (Lipinski definition) is 1. The van der Waals surface area contributed by atoms with Crippen LogP contribution in [-0.4, -0.2) is 54.5 Å². The van der Waals surface area contributed by atoms with Crippen LogP contribution >= 0.6 is 0 Å². The van der Waals surface area contributed by atoms with Crippen molar-refractivity contribution in [1.29, 1.82) is 5.26 Å². The van der Waals surface area contributed by atoms with Gasteiger partial charge in [-0.25, -0.2) is 8.42 Å². The third-order valence-corrected chi connectivity index (χ3v) is 7.67. The number of rotatable bonds is 6. The van der Waals surface area contributed by atoms with Crippen molar-refractivity contribution in [1.82, 2.24) is 8.71 Å². The van der Waals surface area contributed by atoms with E-state index in [4.69, 9.17) is 4.74 Å². The summed E-state index contributed by atoms with van der Waals surface area (Å²) < 4.78 is 34.1. The summed E-state index contributed by atoms with van der Waals surface area (Å²) >= 11 is 0. The van der Waals surface area contributed by atoms with Gasteiger partial charge >= 0.3 is 5.97 Å². The molecule has 1 unspecified atom stereocenters. The first-order valence-electron chi connectivity index (χ1n) is 10.2. The van der Waals surface area contributed by atoms with E-state index in [9.17, 15) is 23.6 Å². The molecule has 1 N–H and O–H groups in total. The van der Waals surface area contributed by atoms with E-state index in [1.807, 2.05) is 6.07 Å². The van der Waals surface area contributed by atoms with Gasteiger partial charge in [0, 0.05) is 25.0 Å². The van der Waals surface area contributed by atoms with Gasteiger partial charge in [0.2, 0.25) is 10.0 Å². The number of aliphatic carboxylic acids is 1. The van der Waals surface area contributed by atoms with Gasteiger partial charge in [0.1, 0.15) is 0 Å². The van der Waals surface area contributed by atoms with E-state index in [2.05, 4.69) is 6.07 Å². The number of nitriles is 1. The number of pyridine rings is 1. The number of ether oxygens (including phenoxy) is 1. The van der Waals surface area contributed by atoms with Crippen LogP contribution in [0.3, 0.4) is 0 Å². The van der Waals surface area contributed by atoms with Gasteiger partial charge in [-0.2, -0.15) is 9.57 Å². The fourth-order valence-corrected chi connectivity index (χ4v) is 5.31. The molecule has 1 atom stereocenters. The highest BCUT2D eigenvalue weighted by molar-refractivity contribution is 7.89. The van der Waals surface area contributed by atoms with E-state index in [1.165, 1.54) is 4.31 Å². The van der Waals surface area contributed by atoms with Crippen LogP contribution in [-0.2, 0) is 26.0 Å². The Morgan fingerprint density at radius 2 is 1.88 bits per heavy atom. The number of sulfonamides is 1. The highest BCUT2D eigenvalue weighted by Gasteiger charge is 2.26. The molecule has 1 aliphatic heterocycles. The lowest BCUT2D eigenvalue weighted by atomic mass is 10.0. The molecule has 1 aliphatic rings. The van der Waals surface area contributed by atoms with Crippen molar-refractivity contribution in [3.63, 3.8) is 0 Å². The third-order valence-electron chi connectivity index (χ3n) is 5.75. The van der Waals surface area contributed by atoms with E-state index in [-0.39, 0.29) is 4.90 Å². The van der Waals surface area contributed by atoms with Gasteiger partial charge < -0.3 is 14.2 Å². The molecule has 0 spiro atoms. The van der Waals surface area contributed by atoms with Gasteiger partial charge in [-0.3, -0.25) is 4.79 Å². The van der Waals surface area contributed by atoms with E-state index in [0.29, 0.717) is 44.0 Å². The molecular formula is C23H23N3O5S. The summed E-state index contributed by atoms with van der Waals surface area (Å²) in [4.78, 5) is 11.8. The molecule has 0 saturated carbocycles. The maximum atomic E-state index is 12.8. The highest BCUT2D eigenvalue weighted by atomic mass is 32.2. The van der Waals surface area contributed by atoms with Gasteiger partial charge in [0.05, 0.1) is 41.2 Å². The molecule has 0 radical (unpaired) electrons. The zero-order chi connectivity index (χ0) is 22.9. The van der Waals surface area contributed by atoms with Crippen LogP contribution in [0, 0.1) is 11.3 Å². The number of hydrogen-bond acceptors (Lipinski definition) is 5. The Morgan fingerprint density at radius 3 is 2.50 bits per heavy atom. The van der Waals surface area contributed by atoms with Crippen LogP contribution in [0.1, 0.15) is 35.2 Å². The predicted molar refractivity (Wildman–Crippen MR) is 117 cm³/mol. The summed E-state index contributed by atoms with van der Waals surface area (Å²) in [5.74, 6) is -1.65. The molecule has 1 fully saturated rings. The Kier molecular flexibility index (Phi) is 6.02. The Labute approximate surface area is 186 Å². The minimum Gasteiger partial charge on any atom is -0.481 e. The molecule has 0 aliphatic carbocycles. The van der Waals surface area contributed by atoms with Crippen LogP contribution < -0.4 is 0 Å². The van der Waals surface area contributed by atoms with Crippen molar-refractivity contribution >= 4 is 21.5 Å². The molecule has 4 rings (SSSR count). The molecule has 3 aromatic rings. The largest absolute Gasteiger partial charge is 0.481 e. The van der Waals surface area contributed by atoms with Gasteiger partial charge in [0.15, 0.2) is 0 Å². The van der Waals surface area contributed by atoms with Crippen molar-refractivity contribution in [2.45, 2.75) is 24.2 Å². The smallest absolute Gasteiger partial charge is 0.312 e. The second-order valence-electron chi connectivity index (χ2n) is 7.77. The lowest BCUT2D eigenvalue weighted by Gasteiger charge is -2.26. The number of aromatic nitrogens is 1. The van der Waals surface area contributed by atoms with Crippen LogP contribution in [0.5, 0.6) is 0 Å². The van der Waals surface area contributed by atoms with E-state index in [0.717, 1.165) is 16.6 Å². The summed E-state index contributed by atoms with van der Waals surface area (Å²) in [5, 5.41) is 18.7. The van der Waals surface area contributed by atoms with E-state index in [1.54, 1.807) is 53.9 Å². The minimum absolute atomic E-state index is 0.233. The topological polar surface area (TPSA) is 112 Å². The summed E-state index contributed by atoms with van der Waals surface area (Å²) in [6.07, 6.45) is 2.19. The second kappa shape index (κ2) is 8.74. The van der Waals surface area contributed by atoms with Gasteiger partial charge in [0.25, 0.3) is 0 Å². The molecule has 32 heavy (non-hydrogen) atoms. The van der Waals surface area contributed by atoms with Crippen molar-refractivity contribution in [3.05, 3.63) is 71.0 Å². The molecule has 1 aromatic carbocycles. The number of carboxylic acid groups (broad SMARTS) is 1. The Hall–Kier alpha value is -3.19. The quantitative estimate of drug-likeness (QED) is 0.614. The van der Waals surface area contributed by atoms with Gasteiger partial charge in [-0.05, 0) is 54.8 Å². The Balaban J connectivity index is 1.66. The Bertz CT molecular complexity index is 1300. The van der Waals surface area contributed by atoms with Crippen molar-refractivity contribution in [2.24, 2.45) is 0 Å². The molecule has 2 aromatic heterocycles. The SMILES string of the molecule is CC(C(=O)O)c1cc(Cc2ccc(S(=O)(=O)N3CCOCC3)cc2)c2cc(C#N)ccn12. The maximum absolute atomic E-state index is 12.8. The van der Waals surface area contributed by atoms with Crippen molar-refractivity contribution in [3.8, 4) is 6.07 Å². The monoisotopic (exact) mass is 453 g/mol. The number of carboxylic acids is 1. The average Bonchev–Trinajstić information content (AvgIpc) is 3.16. The number of carbonyl (C=O) groups is 1. The van der Waals surface area contributed by atoms with Crippen LogP contribution in [0.2, 0.25) is 0 Å². The fourth-order valence-electron chi connectivity index (χ4n) is 3.90. The molecule has 166 valence electrons. The molecule has 0 bridgehead atoms. The number of benzene rings is 1. The maximum Gasteiger partial charge on any atom is 0.312 e. The molecule has 3 heterocycles. The van der Waals surface area contributed by atoms with Crippen molar-refractivity contribution < 1.29 is 23.1 Å². The lowest BCUT2D eigenvalue weighted by molar-refractivity contribution is -0.138. The van der Waals surface area contributed by atoms with Crippen LogP contribution in [0.15, 0.2) is 53.6 Å². The number of nitrogens with zero attached hydrogens (tertiary/aromatic N) is 3. The average molecular weight is 454 g/mol. The second-order valence-corrected chi connectivity index (χ2v) is 9.71. The lowest BCUT2D eigenvalue weighted by Crippen LogP contribution is -2.40. The molecule has 9 heteroatoms. The van der Waals surface area contributed by atoms with Crippen LogP contribution in [0.4, 0.5) is 0 Å². The zero-order valence-electron chi connectivity index (χ0n) is 17.6. The molecule has 1 saturated heterocycles. The first kappa shape index (κ1) is 22.0.